The van der Waals surface area contributed by atoms with Gasteiger partial charge < -0.3 is 4.74 Å². The minimum atomic E-state index is -0.501. The van der Waals surface area contributed by atoms with Gasteiger partial charge in [0.05, 0.1) is 28.3 Å². The zero-order valence-corrected chi connectivity index (χ0v) is 16.2. The predicted octanol–water partition coefficient (Wildman–Crippen LogP) is 5.07. The van der Waals surface area contributed by atoms with Gasteiger partial charge in [-0.1, -0.05) is 0 Å². The van der Waals surface area contributed by atoms with Gasteiger partial charge in [0.2, 0.25) is 5.84 Å². The highest BCUT2D eigenvalue weighted by Crippen LogP contribution is 2.20. The smallest absolute Gasteiger partial charge is 0.269 e. The second kappa shape index (κ2) is 9.69. The summed E-state index contributed by atoms with van der Waals surface area (Å²) < 4.78 is 5.15. The van der Waals surface area contributed by atoms with Gasteiger partial charge >= 0.3 is 0 Å². The van der Waals surface area contributed by atoms with Crippen LogP contribution in [0, 0.1) is 20.2 Å². The van der Waals surface area contributed by atoms with Gasteiger partial charge in [0.15, 0.2) is 0 Å². The maximum absolute atomic E-state index is 10.8. The number of methoxy groups -OCH3 is 1. The highest BCUT2D eigenvalue weighted by Gasteiger charge is 2.07. The molecule has 0 saturated carbocycles. The van der Waals surface area contributed by atoms with Crippen molar-refractivity contribution in [2.24, 2.45) is 15.3 Å². The van der Waals surface area contributed by atoms with Crippen molar-refractivity contribution >= 4 is 28.6 Å². The van der Waals surface area contributed by atoms with E-state index in [0.717, 1.165) is 0 Å². The molecule has 0 aromatic heterocycles. The monoisotopic (exact) mass is 420 g/mol. The SMILES string of the molecule is COc1ccc(/C(N=Nc2ccc([N+](=O)[O-])cc2)=N\Nc2ccc([N+](=O)[O-])cc2)cc1. The van der Waals surface area contributed by atoms with Crippen LogP contribution in [0.1, 0.15) is 5.56 Å². The summed E-state index contributed by atoms with van der Waals surface area (Å²) in [7, 11) is 1.55. The zero-order valence-electron chi connectivity index (χ0n) is 16.2. The fraction of sp³-hybridized carbons (Fsp3) is 0.0500. The number of amidine groups is 1. The third-order valence-electron chi connectivity index (χ3n) is 4.04. The van der Waals surface area contributed by atoms with Gasteiger partial charge in [-0.2, -0.15) is 5.10 Å². The first-order chi connectivity index (χ1) is 15.0. The average Bonchev–Trinajstić information content (AvgIpc) is 2.80. The number of hydrogen-bond acceptors (Lipinski definition) is 8. The maximum atomic E-state index is 10.8. The summed E-state index contributed by atoms with van der Waals surface area (Å²) in [5.74, 6) is 0.873. The number of rotatable bonds is 7. The third-order valence-corrected chi connectivity index (χ3v) is 4.04. The molecule has 156 valence electrons. The lowest BCUT2D eigenvalue weighted by Crippen LogP contribution is -2.01. The molecule has 31 heavy (non-hydrogen) atoms. The van der Waals surface area contributed by atoms with Gasteiger partial charge in [-0.15, -0.1) is 10.2 Å². The maximum Gasteiger partial charge on any atom is 0.269 e. The van der Waals surface area contributed by atoms with Crippen LogP contribution in [-0.2, 0) is 0 Å². The van der Waals surface area contributed by atoms with E-state index in [9.17, 15) is 20.2 Å². The number of nitro groups is 2. The lowest BCUT2D eigenvalue weighted by Gasteiger charge is -2.05. The molecule has 0 unspecified atom stereocenters. The molecule has 0 aliphatic carbocycles. The second-order valence-corrected chi connectivity index (χ2v) is 6.05. The van der Waals surface area contributed by atoms with Crippen LogP contribution < -0.4 is 10.2 Å². The normalized spacial score (nSPS) is 11.3. The molecule has 0 atom stereocenters. The zero-order chi connectivity index (χ0) is 22.2. The lowest BCUT2D eigenvalue weighted by molar-refractivity contribution is -0.385. The highest BCUT2D eigenvalue weighted by molar-refractivity contribution is 5.99. The summed E-state index contributed by atoms with van der Waals surface area (Å²) in [4.78, 5) is 20.6. The van der Waals surface area contributed by atoms with Crippen molar-refractivity contribution in [3.8, 4) is 5.75 Å². The lowest BCUT2D eigenvalue weighted by atomic mass is 10.2. The molecule has 1 N–H and O–H groups in total. The Morgan fingerprint density at radius 1 is 0.839 bits per heavy atom. The Bertz CT molecular complexity index is 1130. The van der Waals surface area contributed by atoms with Crippen LogP contribution in [0.5, 0.6) is 5.75 Å². The van der Waals surface area contributed by atoms with E-state index in [1.54, 1.807) is 31.4 Å². The third kappa shape index (κ3) is 5.67. The van der Waals surface area contributed by atoms with Crippen molar-refractivity contribution in [1.29, 1.82) is 0 Å². The number of hydrazone groups is 1. The van der Waals surface area contributed by atoms with Crippen molar-refractivity contribution in [3.63, 3.8) is 0 Å². The summed E-state index contributed by atoms with van der Waals surface area (Å²) in [5, 5.41) is 34.0. The van der Waals surface area contributed by atoms with E-state index in [4.69, 9.17) is 4.74 Å². The van der Waals surface area contributed by atoms with Gasteiger partial charge in [0.25, 0.3) is 11.4 Å². The van der Waals surface area contributed by atoms with Crippen LogP contribution in [0.3, 0.4) is 0 Å². The molecule has 3 rings (SSSR count). The Morgan fingerprint density at radius 3 is 1.90 bits per heavy atom. The van der Waals surface area contributed by atoms with Gasteiger partial charge in [0.1, 0.15) is 5.75 Å². The van der Waals surface area contributed by atoms with Crippen molar-refractivity contribution in [2.75, 3.05) is 12.5 Å². The molecular formula is C20H16N6O5. The van der Waals surface area contributed by atoms with E-state index in [1.165, 1.54) is 48.5 Å². The van der Waals surface area contributed by atoms with Crippen LogP contribution >= 0.6 is 0 Å². The van der Waals surface area contributed by atoms with Crippen molar-refractivity contribution in [2.45, 2.75) is 0 Å². The minimum absolute atomic E-state index is 0.0391. The van der Waals surface area contributed by atoms with Gasteiger partial charge in [-0.3, -0.25) is 25.7 Å². The van der Waals surface area contributed by atoms with E-state index in [1.807, 2.05) is 0 Å². The van der Waals surface area contributed by atoms with E-state index in [2.05, 4.69) is 20.8 Å². The first-order valence-electron chi connectivity index (χ1n) is 8.85. The van der Waals surface area contributed by atoms with Crippen molar-refractivity contribution in [3.05, 3.63) is 98.6 Å². The Balaban J connectivity index is 1.87. The molecule has 0 aliphatic rings. The fourth-order valence-corrected chi connectivity index (χ4v) is 2.41. The number of azo groups is 1. The summed E-state index contributed by atoms with van der Waals surface area (Å²) >= 11 is 0. The average molecular weight is 420 g/mol. The number of nitro benzene ring substituents is 2. The number of hydrogen-bond donors (Lipinski definition) is 1. The minimum Gasteiger partial charge on any atom is -0.497 e. The molecule has 11 heteroatoms. The van der Waals surface area contributed by atoms with Gasteiger partial charge in [0, 0.05) is 29.8 Å². The van der Waals surface area contributed by atoms with Gasteiger partial charge in [-0.05, 0) is 48.5 Å². The molecule has 0 bridgehead atoms. The number of nitrogens with zero attached hydrogens (tertiary/aromatic N) is 5. The summed E-state index contributed by atoms with van der Waals surface area (Å²) in [6, 6.07) is 18.3. The first kappa shape index (κ1) is 21.0. The van der Waals surface area contributed by atoms with E-state index >= 15 is 0 Å². The van der Waals surface area contributed by atoms with Crippen LogP contribution in [-0.4, -0.2) is 22.8 Å². The van der Waals surface area contributed by atoms with E-state index in [-0.39, 0.29) is 17.2 Å². The fourth-order valence-electron chi connectivity index (χ4n) is 2.41. The summed E-state index contributed by atoms with van der Waals surface area (Å²) in [6.07, 6.45) is 0. The van der Waals surface area contributed by atoms with Crippen LogP contribution in [0.15, 0.2) is 88.1 Å². The number of nitrogens with one attached hydrogen (secondary N) is 1. The quantitative estimate of drug-likeness (QED) is 0.186. The Labute approximate surface area is 176 Å². The highest BCUT2D eigenvalue weighted by atomic mass is 16.6. The predicted molar refractivity (Wildman–Crippen MR) is 114 cm³/mol. The molecule has 11 nitrogen and oxygen atoms in total. The molecule has 0 fully saturated rings. The summed E-state index contributed by atoms with van der Waals surface area (Å²) in [5.41, 5.74) is 4.24. The number of ether oxygens (including phenoxy) is 1. The largest absolute Gasteiger partial charge is 0.497 e. The number of benzene rings is 3. The molecule has 0 saturated heterocycles. The molecule has 3 aromatic carbocycles. The molecule has 0 spiro atoms. The van der Waals surface area contributed by atoms with Crippen LogP contribution in [0.25, 0.3) is 0 Å². The van der Waals surface area contributed by atoms with Crippen molar-refractivity contribution < 1.29 is 14.6 Å². The van der Waals surface area contributed by atoms with E-state index < -0.39 is 9.85 Å². The molecule has 0 amide bonds. The first-order valence-corrected chi connectivity index (χ1v) is 8.85. The second-order valence-electron chi connectivity index (χ2n) is 6.05. The van der Waals surface area contributed by atoms with Crippen LogP contribution in [0.4, 0.5) is 22.7 Å². The molecule has 0 radical (unpaired) electrons. The number of anilines is 1. The van der Waals surface area contributed by atoms with E-state index in [0.29, 0.717) is 22.7 Å². The standard InChI is InChI=1S/C20H16N6O5/c1-31-19-12-2-14(3-13-19)20(23-21-15-4-8-17(9-5-15)25(27)28)24-22-16-6-10-18(11-7-16)26(29)30/h2-13,21H,1H3/b23-20+,24-22?. The molecule has 0 aliphatic heterocycles. The Kier molecular flexibility index (Phi) is 6.58. The van der Waals surface area contributed by atoms with Crippen LogP contribution in [0.2, 0.25) is 0 Å². The molecule has 3 aromatic rings. The van der Waals surface area contributed by atoms with Crippen molar-refractivity contribution in [1.82, 2.24) is 0 Å². The topological polar surface area (TPSA) is 145 Å². The summed E-state index contributed by atoms with van der Waals surface area (Å²) in [6.45, 7) is 0. The van der Waals surface area contributed by atoms with Gasteiger partial charge in [-0.25, -0.2) is 0 Å². The molecule has 0 heterocycles. The number of non-ortho nitro benzene ring substituents is 2. The Morgan fingerprint density at radius 2 is 1.39 bits per heavy atom. The Hall–Kier alpha value is -4.67. The molecular weight excluding hydrogens is 404 g/mol.